The maximum absolute atomic E-state index is 11.4. The van der Waals surface area contributed by atoms with Crippen molar-refractivity contribution in [1.82, 2.24) is 0 Å². The number of fused-ring (bicyclic) bond motifs is 1. The van der Waals surface area contributed by atoms with Gasteiger partial charge in [-0.1, -0.05) is 12.2 Å². The Hall–Kier alpha value is -1.16. The standard InChI is InChI=1S/C12H16O4/c13-9-7-10-12(16-10)8(9)5-3-1-2-4-6-11(14)15/h3,5,8,10,12H,1-2,4,6-7H2,(H,14,15). The summed E-state index contributed by atoms with van der Waals surface area (Å²) in [6, 6.07) is 0. The molecule has 2 rings (SSSR count). The van der Waals surface area contributed by atoms with Gasteiger partial charge >= 0.3 is 5.97 Å². The number of ether oxygens (including phenoxy) is 1. The molecule has 0 bridgehead atoms. The Bertz CT molecular complexity index is 321. The molecule has 1 N–H and O–H groups in total. The number of aliphatic carboxylic acids is 1. The summed E-state index contributed by atoms with van der Waals surface area (Å²) in [5.74, 6) is -0.503. The molecule has 0 aromatic heterocycles. The Morgan fingerprint density at radius 1 is 1.50 bits per heavy atom. The lowest BCUT2D eigenvalue weighted by molar-refractivity contribution is -0.137. The zero-order valence-corrected chi connectivity index (χ0v) is 9.09. The first kappa shape index (κ1) is 11.3. The predicted molar refractivity (Wildman–Crippen MR) is 57.0 cm³/mol. The molecule has 3 unspecified atom stereocenters. The highest BCUT2D eigenvalue weighted by molar-refractivity contribution is 5.87. The van der Waals surface area contributed by atoms with Crippen LogP contribution in [0.5, 0.6) is 0 Å². The van der Waals surface area contributed by atoms with E-state index < -0.39 is 5.97 Å². The fourth-order valence-electron chi connectivity index (χ4n) is 2.15. The quantitative estimate of drug-likeness (QED) is 0.422. The Morgan fingerprint density at radius 2 is 2.31 bits per heavy atom. The Labute approximate surface area is 94.3 Å². The van der Waals surface area contributed by atoms with Gasteiger partial charge in [0.05, 0.1) is 18.1 Å². The van der Waals surface area contributed by atoms with Gasteiger partial charge in [0.15, 0.2) is 0 Å². The number of rotatable bonds is 6. The van der Waals surface area contributed by atoms with Crippen LogP contribution in [0.3, 0.4) is 0 Å². The van der Waals surface area contributed by atoms with Crippen LogP contribution in [0.4, 0.5) is 0 Å². The van der Waals surface area contributed by atoms with Crippen LogP contribution < -0.4 is 0 Å². The lowest BCUT2D eigenvalue weighted by Crippen LogP contribution is -2.11. The van der Waals surface area contributed by atoms with Crippen LogP contribution in [0.1, 0.15) is 32.1 Å². The molecule has 1 aliphatic carbocycles. The number of ketones is 1. The molecule has 4 heteroatoms. The van der Waals surface area contributed by atoms with Gasteiger partial charge in [0.1, 0.15) is 5.78 Å². The van der Waals surface area contributed by atoms with Crippen LogP contribution in [0.2, 0.25) is 0 Å². The molecule has 0 amide bonds. The number of Topliss-reactive ketones (excluding diaryl/α,β-unsaturated/α-hetero) is 1. The second-order valence-electron chi connectivity index (χ2n) is 4.40. The smallest absolute Gasteiger partial charge is 0.303 e. The molecule has 1 heterocycles. The van der Waals surface area contributed by atoms with Gasteiger partial charge in [0, 0.05) is 12.8 Å². The lowest BCUT2D eigenvalue weighted by Gasteiger charge is -2.02. The molecule has 0 spiro atoms. The molecule has 88 valence electrons. The molecule has 1 aliphatic heterocycles. The van der Waals surface area contributed by atoms with Crippen molar-refractivity contribution in [3.8, 4) is 0 Å². The number of epoxide rings is 1. The Balaban J connectivity index is 1.62. The summed E-state index contributed by atoms with van der Waals surface area (Å²) in [6.45, 7) is 0. The van der Waals surface area contributed by atoms with Gasteiger partial charge in [-0.2, -0.15) is 0 Å². The van der Waals surface area contributed by atoms with Gasteiger partial charge in [0.25, 0.3) is 0 Å². The highest BCUT2D eigenvalue weighted by Crippen LogP contribution is 2.41. The summed E-state index contributed by atoms with van der Waals surface area (Å²) in [5.41, 5.74) is 0. The summed E-state index contributed by atoms with van der Waals surface area (Å²) in [7, 11) is 0. The first-order valence-corrected chi connectivity index (χ1v) is 5.75. The van der Waals surface area contributed by atoms with Gasteiger partial charge in [-0.15, -0.1) is 0 Å². The van der Waals surface area contributed by atoms with Gasteiger partial charge < -0.3 is 9.84 Å². The average Bonchev–Trinajstić information content (AvgIpc) is 2.89. The summed E-state index contributed by atoms with van der Waals surface area (Å²) in [4.78, 5) is 21.7. The molecule has 1 saturated carbocycles. The van der Waals surface area contributed by atoms with E-state index in [4.69, 9.17) is 9.84 Å². The third kappa shape index (κ3) is 2.70. The molecule has 1 saturated heterocycles. The zero-order valence-electron chi connectivity index (χ0n) is 9.09. The molecule has 0 aromatic rings. The van der Waals surface area contributed by atoms with E-state index in [1.165, 1.54) is 0 Å². The van der Waals surface area contributed by atoms with Gasteiger partial charge in [0.2, 0.25) is 0 Å². The monoisotopic (exact) mass is 224 g/mol. The van der Waals surface area contributed by atoms with Crippen molar-refractivity contribution in [2.24, 2.45) is 5.92 Å². The second-order valence-corrected chi connectivity index (χ2v) is 4.40. The number of unbranched alkanes of at least 4 members (excludes halogenated alkanes) is 2. The van der Waals surface area contributed by atoms with E-state index in [1.54, 1.807) is 0 Å². The fourth-order valence-corrected chi connectivity index (χ4v) is 2.15. The molecule has 3 atom stereocenters. The molecule has 4 nitrogen and oxygen atoms in total. The Morgan fingerprint density at radius 3 is 2.94 bits per heavy atom. The maximum atomic E-state index is 11.4. The number of carboxylic acid groups (broad SMARTS) is 1. The molecule has 2 aliphatic rings. The summed E-state index contributed by atoms with van der Waals surface area (Å²) >= 11 is 0. The van der Waals surface area contributed by atoms with E-state index in [0.29, 0.717) is 12.8 Å². The van der Waals surface area contributed by atoms with Crippen LogP contribution in [-0.2, 0) is 14.3 Å². The predicted octanol–water partition coefficient (Wildman–Crippen LogP) is 1.54. The van der Waals surface area contributed by atoms with Gasteiger partial charge in [-0.3, -0.25) is 9.59 Å². The average molecular weight is 224 g/mol. The van der Waals surface area contributed by atoms with E-state index in [1.807, 2.05) is 12.2 Å². The van der Waals surface area contributed by atoms with Crippen molar-refractivity contribution >= 4 is 11.8 Å². The minimum absolute atomic E-state index is 0.0375. The van der Waals surface area contributed by atoms with E-state index in [0.717, 1.165) is 12.8 Å². The minimum Gasteiger partial charge on any atom is -0.481 e. The highest BCUT2D eigenvalue weighted by Gasteiger charge is 2.54. The van der Waals surface area contributed by atoms with Crippen LogP contribution in [0, 0.1) is 5.92 Å². The number of carbonyl (C=O) groups is 2. The Kier molecular flexibility index (Phi) is 3.39. The number of hydrogen-bond donors (Lipinski definition) is 1. The van der Waals surface area contributed by atoms with Crippen LogP contribution in [0.15, 0.2) is 12.2 Å². The normalized spacial score (nSPS) is 32.0. The topological polar surface area (TPSA) is 66.9 Å². The number of allylic oxidation sites excluding steroid dienone is 1. The van der Waals surface area contributed by atoms with Crippen molar-refractivity contribution in [2.75, 3.05) is 0 Å². The van der Waals surface area contributed by atoms with Crippen molar-refractivity contribution < 1.29 is 19.4 Å². The largest absolute Gasteiger partial charge is 0.481 e. The minimum atomic E-state index is -0.746. The molecule has 0 radical (unpaired) electrons. The molecular weight excluding hydrogens is 208 g/mol. The van der Waals surface area contributed by atoms with E-state index in [2.05, 4.69) is 0 Å². The summed E-state index contributed by atoms with van der Waals surface area (Å²) in [5, 5.41) is 8.44. The van der Waals surface area contributed by atoms with Gasteiger partial charge in [-0.05, 0) is 19.3 Å². The van der Waals surface area contributed by atoms with E-state index in [-0.39, 0.29) is 30.3 Å². The number of hydrogen-bond acceptors (Lipinski definition) is 3. The van der Waals surface area contributed by atoms with E-state index in [9.17, 15) is 9.59 Å². The first-order valence-electron chi connectivity index (χ1n) is 5.75. The fraction of sp³-hybridized carbons (Fsp3) is 0.667. The zero-order chi connectivity index (χ0) is 11.5. The highest BCUT2D eigenvalue weighted by atomic mass is 16.6. The first-order chi connectivity index (χ1) is 7.68. The van der Waals surface area contributed by atoms with Crippen LogP contribution >= 0.6 is 0 Å². The van der Waals surface area contributed by atoms with Crippen molar-refractivity contribution in [1.29, 1.82) is 0 Å². The number of carbonyl (C=O) groups excluding carboxylic acids is 1. The van der Waals surface area contributed by atoms with E-state index >= 15 is 0 Å². The second kappa shape index (κ2) is 4.78. The number of carboxylic acids is 1. The van der Waals surface area contributed by atoms with Crippen molar-refractivity contribution in [2.45, 2.75) is 44.3 Å². The lowest BCUT2D eigenvalue weighted by atomic mass is 10.0. The van der Waals surface area contributed by atoms with Crippen LogP contribution in [-0.4, -0.2) is 29.1 Å². The van der Waals surface area contributed by atoms with Crippen molar-refractivity contribution in [3.05, 3.63) is 12.2 Å². The summed E-state index contributed by atoms with van der Waals surface area (Å²) in [6.07, 6.45) is 7.43. The SMILES string of the molecule is O=C(O)CCCCC=CC1C(=O)CC2OC21. The van der Waals surface area contributed by atoms with Crippen LogP contribution in [0.25, 0.3) is 0 Å². The maximum Gasteiger partial charge on any atom is 0.303 e. The third-order valence-corrected chi connectivity index (χ3v) is 3.10. The third-order valence-electron chi connectivity index (χ3n) is 3.10. The van der Waals surface area contributed by atoms with Crippen molar-refractivity contribution in [3.63, 3.8) is 0 Å². The molecule has 16 heavy (non-hydrogen) atoms. The molecular formula is C12H16O4. The molecule has 2 fully saturated rings. The van der Waals surface area contributed by atoms with Gasteiger partial charge in [-0.25, -0.2) is 0 Å². The summed E-state index contributed by atoms with van der Waals surface area (Å²) < 4.78 is 5.30. The molecule has 0 aromatic carbocycles.